The molecule has 0 aliphatic heterocycles. The lowest BCUT2D eigenvalue weighted by Crippen LogP contribution is -2.13. The fourth-order valence-corrected chi connectivity index (χ4v) is 10.8. The van der Waals surface area contributed by atoms with E-state index in [0.717, 1.165) is 44.3 Å². The van der Waals surface area contributed by atoms with Crippen molar-refractivity contribution >= 4 is 107 Å². The van der Waals surface area contributed by atoms with Crippen LogP contribution in [-0.4, -0.2) is 9.13 Å². The minimum Gasteiger partial charge on any atom is -0.343 e. The highest BCUT2D eigenvalue weighted by atomic mass is 32.1. The van der Waals surface area contributed by atoms with Crippen LogP contribution in [0.3, 0.4) is 0 Å². The normalized spacial score (nSPS) is 12.2. The summed E-state index contributed by atoms with van der Waals surface area (Å²) in [5, 5.41) is 7.49. The lowest BCUT2D eigenvalue weighted by molar-refractivity contribution is 0.994. The monoisotopic (exact) mass is 704 g/mol. The summed E-state index contributed by atoms with van der Waals surface area (Å²) in [5.41, 5.74) is 7.37. The highest BCUT2D eigenvalue weighted by Gasteiger charge is 2.18. The Kier molecular flexibility index (Phi) is 6.11. The maximum atomic E-state index is 14.4. The van der Waals surface area contributed by atoms with Crippen LogP contribution in [-0.2, 0) is 14.1 Å². The highest BCUT2D eigenvalue weighted by molar-refractivity contribution is 7.26. The SMILES string of the molecule is Cn1c2ccc(-c3cccc4c3sc3ccccc34)cc2c(=O)c2cc3c(cc21)c(=O)c1cc(-c2cccc4c2sc2ccccc24)ccc1n3C. The Labute approximate surface area is 304 Å². The molecular weight excluding hydrogens is 677 g/mol. The third kappa shape index (κ3) is 4.02. The van der Waals surface area contributed by atoms with Gasteiger partial charge >= 0.3 is 0 Å². The average Bonchev–Trinajstić information content (AvgIpc) is 3.77. The van der Waals surface area contributed by atoms with Crippen LogP contribution in [0, 0.1) is 0 Å². The molecule has 0 N–H and O–H groups in total. The standard InChI is InChI=1S/C46H28N2O2S2/c1-47-37-19-17-25(27-11-7-13-31-29-9-3-5-15-41(29)51-45(27)31)21-33(37)43(49)35-24-40-36(23-39(35)47)44(50)34-22-26(18-20-38(34)48(40)2)28-12-8-14-32-30-10-4-6-16-42(30)52-46(28)32/h3-24H,1-2H3. The summed E-state index contributed by atoms with van der Waals surface area (Å²) in [5.74, 6) is 0. The van der Waals surface area contributed by atoms with Crippen molar-refractivity contribution in [2.24, 2.45) is 14.1 Å². The molecule has 0 aliphatic carbocycles. The van der Waals surface area contributed by atoms with E-state index in [1.807, 2.05) is 50.5 Å². The minimum absolute atomic E-state index is 0.0327. The van der Waals surface area contributed by atoms with Crippen LogP contribution in [0.1, 0.15) is 0 Å². The zero-order valence-corrected chi connectivity index (χ0v) is 29.9. The van der Waals surface area contributed by atoms with E-state index < -0.39 is 0 Å². The predicted molar refractivity (Wildman–Crippen MR) is 224 cm³/mol. The molecule has 0 bridgehead atoms. The number of hydrogen-bond donors (Lipinski definition) is 0. The van der Waals surface area contributed by atoms with Crippen molar-refractivity contribution in [2.45, 2.75) is 0 Å². The third-order valence-corrected chi connectivity index (χ3v) is 13.4. The zero-order chi connectivity index (χ0) is 34.8. The summed E-state index contributed by atoms with van der Waals surface area (Å²) in [7, 11) is 3.97. The molecule has 11 rings (SSSR count). The molecule has 246 valence electrons. The summed E-state index contributed by atoms with van der Waals surface area (Å²) >= 11 is 3.58. The van der Waals surface area contributed by atoms with E-state index in [0.29, 0.717) is 21.5 Å². The third-order valence-electron chi connectivity index (χ3n) is 11.0. The molecule has 0 fully saturated rings. The summed E-state index contributed by atoms with van der Waals surface area (Å²) in [6.07, 6.45) is 0. The second-order valence-electron chi connectivity index (χ2n) is 13.7. The Morgan fingerprint density at radius 3 is 1.25 bits per heavy atom. The van der Waals surface area contributed by atoms with E-state index in [9.17, 15) is 9.59 Å². The average molecular weight is 705 g/mol. The van der Waals surface area contributed by atoms with Crippen molar-refractivity contribution in [3.8, 4) is 22.3 Å². The first-order valence-electron chi connectivity index (χ1n) is 17.3. The number of fused-ring (bicyclic) bond motifs is 10. The van der Waals surface area contributed by atoms with Gasteiger partial charge in [-0.3, -0.25) is 9.59 Å². The van der Waals surface area contributed by atoms with Gasteiger partial charge in [0.25, 0.3) is 0 Å². The van der Waals surface area contributed by atoms with Gasteiger partial charge in [-0.25, -0.2) is 0 Å². The number of pyridine rings is 2. The van der Waals surface area contributed by atoms with Crippen molar-refractivity contribution in [1.82, 2.24) is 9.13 Å². The molecule has 4 heterocycles. The quantitative estimate of drug-likeness (QED) is 0.168. The molecule has 4 aromatic heterocycles. The molecule has 11 aromatic rings. The van der Waals surface area contributed by atoms with Gasteiger partial charge in [0.05, 0.1) is 22.1 Å². The summed E-state index contributed by atoms with van der Waals surface area (Å²) < 4.78 is 9.05. The van der Waals surface area contributed by atoms with Gasteiger partial charge in [-0.15, -0.1) is 22.7 Å². The van der Waals surface area contributed by atoms with Gasteiger partial charge in [0.1, 0.15) is 0 Å². The molecule has 0 unspecified atom stereocenters. The molecule has 0 radical (unpaired) electrons. The molecule has 6 heteroatoms. The molecule has 52 heavy (non-hydrogen) atoms. The number of aryl methyl sites for hydroxylation is 2. The van der Waals surface area contributed by atoms with Gasteiger partial charge in [0.15, 0.2) is 10.9 Å². The van der Waals surface area contributed by atoms with E-state index >= 15 is 0 Å². The van der Waals surface area contributed by atoms with Gasteiger partial charge in [-0.05, 0) is 70.8 Å². The molecular formula is C46H28N2O2S2. The Morgan fingerprint density at radius 2 is 0.788 bits per heavy atom. The van der Waals surface area contributed by atoms with E-state index in [2.05, 4.69) is 106 Å². The first-order chi connectivity index (χ1) is 25.4. The second kappa shape index (κ2) is 10.7. The van der Waals surface area contributed by atoms with Crippen LogP contribution >= 0.6 is 22.7 Å². The maximum absolute atomic E-state index is 14.4. The van der Waals surface area contributed by atoms with E-state index in [4.69, 9.17) is 0 Å². The van der Waals surface area contributed by atoms with Crippen LogP contribution in [0.15, 0.2) is 143 Å². The Balaban J connectivity index is 1.12. The second-order valence-corrected chi connectivity index (χ2v) is 15.8. The number of rotatable bonds is 2. The molecule has 4 nitrogen and oxygen atoms in total. The number of aromatic nitrogens is 2. The molecule has 0 atom stereocenters. The summed E-state index contributed by atoms with van der Waals surface area (Å²) in [6, 6.07) is 46.1. The molecule has 0 saturated carbocycles. The van der Waals surface area contributed by atoms with Crippen molar-refractivity contribution in [2.75, 3.05) is 0 Å². The van der Waals surface area contributed by atoms with Crippen molar-refractivity contribution in [3.63, 3.8) is 0 Å². The molecule has 0 spiro atoms. The van der Waals surface area contributed by atoms with Crippen LogP contribution in [0.2, 0.25) is 0 Å². The number of benzene rings is 7. The minimum atomic E-state index is -0.0327. The molecule has 0 aliphatic rings. The van der Waals surface area contributed by atoms with E-state index in [1.165, 1.54) is 40.3 Å². The largest absolute Gasteiger partial charge is 0.343 e. The van der Waals surface area contributed by atoms with Crippen LogP contribution < -0.4 is 10.9 Å². The highest BCUT2D eigenvalue weighted by Crippen LogP contribution is 2.42. The van der Waals surface area contributed by atoms with Gasteiger partial charge in [0, 0.05) is 76.0 Å². The maximum Gasteiger partial charge on any atom is 0.197 e. The fourth-order valence-electron chi connectivity index (χ4n) is 8.35. The first kappa shape index (κ1) is 29.6. The zero-order valence-electron chi connectivity index (χ0n) is 28.2. The van der Waals surface area contributed by atoms with Gasteiger partial charge in [-0.2, -0.15) is 0 Å². The first-order valence-corrected chi connectivity index (χ1v) is 18.9. The van der Waals surface area contributed by atoms with Gasteiger partial charge in [0.2, 0.25) is 0 Å². The molecule has 0 saturated heterocycles. The van der Waals surface area contributed by atoms with Crippen molar-refractivity contribution in [3.05, 3.63) is 154 Å². The summed E-state index contributed by atoms with van der Waals surface area (Å²) in [4.78, 5) is 28.8. The lowest BCUT2D eigenvalue weighted by Gasteiger charge is -2.16. The van der Waals surface area contributed by atoms with Crippen LogP contribution in [0.5, 0.6) is 0 Å². The van der Waals surface area contributed by atoms with E-state index in [1.54, 1.807) is 22.7 Å². The van der Waals surface area contributed by atoms with Crippen molar-refractivity contribution < 1.29 is 0 Å². The Morgan fingerprint density at radius 1 is 0.385 bits per heavy atom. The number of thiophene rings is 2. The topological polar surface area (TPSA) is 44.0 Å². The number of hydrogen-bond acceptors (Lipinski definition) is 4. The molecule has 7 aromatic carbocycles. The van der Waals surface area contributed by atoms with Crippen LogP contribution in [0.25, 0.3) is 106 Å². The fraction of sp³-hybridized carbons (Fsp3) is 0.0435. The van der Waals surface area contributed by atoms with Gasteiger partial charge in [-0.1, -0.05) is 84.9 Å². The Bertz CT molecular complexity index is 3260. The van der Waals surface area contributed by atoms with E-state index in [-0.39, 0.29) is 10.9 Å². The lowest BCUT2D eigenvalue weighted by atomic mass is 9.98. The number of nitrogens with zero attached hydrogens (tertiary/aromatic N) is 2. The molecule has 0 amide bonds. The summed E-state index contributed by atoms with van der Waals surface area (Å²) in [6.45, 7) is 0. The van der Waals surface area contributed by atoms with Crippen LogP contribution in [0.4, 0.5) is 0 Å². The van der Waals surface area contributed by atoms with Crippen molar-refractivity contribution in [1.29, 1.82) is 0 Å². The Hall–Kier alpha value is -6.08. The predicted octanol–water partition coefficient (Wildman–Crippen LogP) is 11.8. The smallest absolute Gasteiger partial charge is 0.197 e. The van der Waals surface area contributed by atoms with Gasteiger partial charge < -0.3 is 9.13 Å².